The fourth-order valence-corrected chi connectivity index (χ4v) is 4.95. The van der Waals surface area contributed by atoms with Crippen LogP contribution < -0.4 is 9.46 Å². The van der Waals surface area contributed by atoms with Crippen molar-refractivity contribution in [2.24, 2.45) is 0 Å². The Bertz CT molecular complexity index is 1130. The Morgan fingerprint density at radius 1 is 1.20 bits per heavy atom. The molecule has 7 nitrogen and oxygen atoms in total. The second-order valence-corrected chi connectivity index (χ2v) is 8.97. The summed E-state index contributed by atoms with van der Waals surface area (Å²) in [6.45, 7) is -0.0262. The van der Waals surface area contributed by atoms with E-state index in [-0.39, 0.29) is 23.2 Å². The van der Waals surface area contributed by atoms with Crippen LogP contribution in [0.4, 0.5) is 4.39 Å². The molecule has 0 saturated heterocycles. The van der Waals surface area contributed by atoms with Gasteiger partial charge in [-0.3, -0.25) is 9.67 Å². The lowest BCUT2D eigenvalue weighted by Crippen LogP contribution is -2.24. The molecule has 1 aromatic carbocycles. The molecule has 2 aromatic heterocycles. The second-order valence-electron chi connectivity index (χ2n) is 7.24. The first-order valence-corrected chi connectivity index (χ1v) is 11.3. The number of halogens is 1. The number of benzene rings is 1. The Labute approximate surface area is 175 Å². The van der Waals surface area contributed by atoms with E-state index in [4.69, 9.17) is 4.74 Å². The van der Waals surface area contributed by atoms with Crippen molar-refractivity contribution in [3.05, 3.63) is 60.2 Å². The molecule has 0 amide bonds. The Balaban J connectivity index is 1.62. The number of methoxy groups -OCH3 is 1. The molecular weight excluding hydrogens is 407 g/mol. The molecule has 158 valence electrons. The predicted molar refractivity (Wildman–Crippen MR) is 110 cm³/mol. The van der Waals surface area contributed by atoms with Crippen molar-refractivity contribution in [2.45, 2.75) is 43.2 Å². The van der Waals surface area contributed by atoms with E-state index in [0.717, 1.165) is 49.2 Å². The summed E-state index contributed by atoms with van der Waals surface area (Å²) in [5.74, 6) is -0.575. The van der Waals surface area contributed by atoms with Crippen molar-refractivity contribution in [2.75, 3.05) is 7.11 Å². The lowest BCUT2D eigenvalue weighted by Gasteiger charge is -2.13. The van der Waals surface area contributed by atoms with Gasteiger partial charge < -0.3 is 4.74 Å². The fourth-order valence-electron chi connectivity index (χ4n) is 3.77. The van der Waals surface area contributed by atoms with Crippen LogP contribution in [0, 0.1) is 5.82 Å². The first kappa shape index (κ1) is 20.5. The van der Waals surface area contributed by atoms with E-state index in [0.29, 0.717) is 5.69 Å². The quantitative estimate of drug-likeness (QED) is 0.618. The monoisotopic (exact) mass is 430 g/mol. The molecule has 1 aliphatic carbocycles. The smallest absolute Gasteiger partial charge is 0.244 e. The average Bonchev–Trinajstić information content (AvgIpc) is 3.43. The van der Waals surface area contributed by atoms with E-state index in [1.807, 2.05) is 28.9 Å². The van der Waals surface area contributed by atoms with Gasteiger partial charge >= 0.3 is 0 Å². The third kappa shape index (κ3) is 4.22. The fraction of sp³-hybridized carbons (Fsp3) is 0.333. The minimum absolute atomic E-state index is 0.0262. The maximum absolute atomic E-state index is 13.6. The molecule has 0 bridgehead atoms. The molecule has 2 heterocycles. The molecule has 1 saturated carbocycles. The van der Waals surface area contributed by atoms with Crippen molar-refractivity contribution in [3.8, 4) is 17.1 Å². The summed E-state index contributed by atoms with van der Waals surface area (Å²) in [5.41, 5.74) is 2.22. The summed E-state index contributed by atoms with van der Waals surface area (Å²) in [6.07, 6.45) is 6.08. The number of pyridine rings is 1. The maximum Gasteiger partial charge on any atom is 0.244 e. The van der Waals surface area contributed by atoms with Gasteiger partial charge in [0.15, 0.2) is 0 Å². The summed E-state index contributed by atoms with van der Waals surface area (Å²) >= 11 is 0. The SMILES string of the molecule is COc1ccc(F)cc1S(=O)(=O)NCc1cc(-c2ccccn2)n(C2CCCC2)n1. The zero-order chi connectivity index (χ0) is 21.1. The van der Waals surface area contributed by atoms with E-state index in [9.17, 15) is 12.8 Å². The van der Waals surface area contributed by atoms with Crippen molar-refractivity contribution in [1.82, 2.24) is 19.5 Å². The number of aromatic nitrogens is 3. The summed E-state index contributed by atoms with van der Waals surface area (Å²) in [7, 11) is -2.65. The van der Waals surface area contributed by atoms with Gasteiger partial charge in [0.25, 0.3) is 0 Å². The lowest BCUT2D eigenvalue weighted by molar-refractivity contribution is 0.400. The molecule has 3 aromatic rings. The molecule has 1 aliphatic rings. The van der Waals surface area contributed by atoms with Gasteiger partial charge in [-0.05, 0) is 49.2 Å². The number of sulfonamides is 1. The zero-order valence-corrected chi connectivity index (χ0v) is 17.4. The molecule has 0 unspecified atom stereocenters. The van der Waals surface area contributed by atoms with E-state index in [2.05, 4.69) is 14.8 Å². The van der Waals surface area contributed by atoms with E-state index < -0.39 is 15.8 Å². The van der Waals surface area contributed by atoms with Crippen LogP contribution in [0.25, 0.3) is 11.4 Å². The predicted octanol–water partition coefficient (Wildman–Crippen LogP) is 3.69. The molecule has 1 N–H and O–H groups in total. The number of rotatable bonds is 7. The van der Waals surface area contributed by atoms with Crippen LogP contribution in [0.15, 0.2) is 53.6 Å². The van der Waals surface area contributed by atoms with Gasteiger partial charge in [0.05, 0.1) is 36.8 Å². The van der Waals surface area contributed by atoms with Crippen LogP contribution in [0.3, 0.4) is 0 Å². The van der Waals surface area contributed by atoms with E-state index in [1.54, 1.807) is 6.20 Å². The largest absolute Gasteiger partial charge is 0.495 e. The normalized spacial score (nSPS) is 14.9. The Kier molecular flexibility index (Phi) is 5.83. The standard InChI is InChI=1S/C21H23FN4O3S/c1-29-20-10-9-15(22)12-21(20)30(27,28)24-14-16-13-19(18-8-4-5-11-23-18)26(25-16)17-6-2-3-7-17/h4-5,8-13,17,24H,2-3,6-7,14H2,1H3. The van der Waals surface area contributed by atoms with Gasteiger partial charge in [-0.15, -0.1) is 0 Å². The molecular formula is C21H23FN4O3S. The molecule has 0 spiro atoms. The van der Waals surface area contributed by atoms with Gasteiger partial charge in [0.2, 0.25) is 10.0 Å². The number of ether oxygens (including phenoxy) is 1. The third-order valence-corrected chi connectivity index (χ3v) is 6.67. The van der Waals surface area contributed by atoms with E-state index >= 15 is 0 Å². The highest BCUT2D eigenvalue weighted by Crippen LogP contribution is 2.33. The van der Waals surface area contributed by atoms with Crippen molar-refractivity contribution in [1.29, 1.82) is 0 Å². The molecule has 0 aliphatic heterocycles. The van der Waals surface area contributed by atoms with Gasteiger partial charge in [-0.25, -0.2) is 17.5 Å². The van der Waals surface area contributed by atoms with Gasteiger partial charge in [0.1, 0.15) is 16.5 Å². The number of hydrogen-bond acceptors (Lipinski definition) is 5. The second kappa shape index (κ2) is 8.53. The van der Waals surface area contributed by atoms with Crippen LogP contribution >= 0.6 is 0 Å². The van der Waals surface area contributed by atoms with Crippen LogP contribution in [0.5, 0.6) is 5.75 Å². The molecule has 4 rings (SSSR count). The highest BCUT2D eigenvalue weighted by molar-refractivity contribution is 7.89. The number of nitrogens with zero attached hydrogens (tertiary/aromatic N) is 3. The minimum atomic E-state index is -3.99. The van der Waals surface area contributed by atoms with E-state index in [1.165, 1.54) is 13.2 Å². The summed E-state index contributed by atoms with van der Waals surface area (Å²) in [4.78, 5) is 4.18. The topological polar surface area (TPSA) is 86.1 Å². The molecule has 0 radical (unpaired) electrons. The summed E-state index contributed by atoms with van der Waals surface area (Å²) < 4.78 is 48.7. The van der Waals surface area contributed by atoms with Crippen molar-refractivity contribution >= 4 is 10.0 Å². The third-order valence-electron chi connectivity index (χ3n) is 5.24. The van der Waals surface area contributed by atoms with Gasteiger partial charge in [0, 0.05) is 6.20 Å². The van der Waals surface area contributed by atoms with Crippen LogP contribution in [-0.4, -0.2) is 30.3 Å². The molecule has 1 fully saturated rings. The van der Waals surface area contributed by atoms with Gasteiger partial charge in [-0.1, -0.05) is 18.9 Å². The molecule has 9 heteroatoms. The first-order valence-electron chi connectivity index (χ1n) is 9.81. The van der Waals surface area contributed by atoms with Crippen molar-refractivity contribution in [3.63, 3.8) is 0 Å². The summed E-state index contributed by atoms with van der Waals surface area (Å²) in [5, 5.41) is 4.67. The Morgan fingerprint density at radius 2 is 2.00 bits per heavy atom. The summed E-state index contributed by atoms with van der Waals surface area (Å²) in [6, 6.07) is 11.2. The zero-order valence-electron chi connectivity index (χ0n) is 16.6. The van der Waals surface area contributed by atoms with Crippen LogP contribution in [0.2, 0.25) is 0 Å². The average molecular weight is 431 g/mol. The molecule has 0 atom stereocenters. The van der Waals surface area contributed by atoms with Crippen LogP contribution in [0.1, 0.15) is 37.4 Å². The maximum atomic E-state index is 13.6. The highest BCUT2D eigenvalue weighted by Gasteiger charge is 2.24. The molecule has 30 heavy (non-hydrogen) atoms. The minimum Gasteiger partial charge on any atom is -0.495 e. The van der Waals surface area contributed by atoms with Crippen molar-refractivity contribution < 1.29 is 17.5 Å². The lowest BCUT2D eigenvalue weighted by atomic mass is 10.2. The Morgan fingerprint density at radius 3 is 2.70 bits per heavy atom. The number of nitrogens with one attached hydrogen (secondary N) is 1. The van der Waals surface area contributed by atoms with Crippen LogP contribution in [-0.2, 0) is 16.6 Å². The Hall–Kier alpha value is -2.78. The van der Waals surface area contributed by atoms with Gasteiger partial charge in [-0.2, -0.15) is 5.10 Å². The first-order chi connectivity index (χ1) is 14.5. The highest BCUT2D eigenvalue weighted by atomic mass is 32.2. The number of hydrogen-bond donors (Lipinski definition) is 1.